The highest BCUT2D eigenvalue weighted by Gasteiger charge is 2.31. The molecule has 0 aliphatic rings. The maximum atomic E-state index is 12.8. The molecule has 0 aliphatic heterocycles. The van der Waals surface area contributed by atoms with E-state index in [1.807, 2.05) is 6.07 Å². The number of hydrogen-bond acceptors (Lipinski definition) is 3. The lowest BCUT2D eigenvalue weighted by Crippen LogP contribution is -2.07. The second-order valence-electron chi connectivity index (χ2n) is 4.36. The second kappa shape index (κ2) is 5.41. The molecule has 4 nitrogen and oxygen atoms in total. The van der Waals surface area contributed by atoms with Gasteiger partial charge in [0, 0.05) is 11.5 Å². The number of hydrogen-bond donors (Lipinski definition) is 1. The molecule has 0 spiro atoms. The number of nitriles is 1. The lowest BCUT2D eigenvalue weighted by Gasteiger charge is -2.13. The summed E-state index contributed by atoms with van der Waals surface area (Å²) in [6.45, 7) is 1.66. The number of rotatable bonds is 2. The van der Waals surface area contributed by atoms with E-state index in [0.717, 1.165) is 12.1 Å². The first kappa shape index (κ1) is 15.4. The van der Waals surface area contributed by atoms with Crippen LogP contribution in [0.25, 0.3) is 0 Å². The molecule has 8 heteroatoms. The summed E-state index contributed by atoms with van der Waals surface area (Å²) in [7, 11) is 1.61. The molecule has 1 aromatic heterocycles. The number of nitrogens with zero attached hydrogens (tertiary/aromatic N) is 3. The standard InChI is InChI=1S/C13H10BrF3N4/c1-7-9(6-18)12(21(2)20-7)19-11-5-8(13(15,16)17)3-4-10(11)14/h3-5,19H,1-2H3. The molecule has 0 fully saturated rings. The fourth-order valence-corrected chi connectivity index (χ4v) is 2.21. The lowest BCUT2D eigenvalue weighted by atomic mass is 10.2. The molecule has 0 aliphatic carbocycles. The van der Waals surface area contributed by atoms with E-state index in [1.54, 1.807) is 14.0 Å². The Balaban J connectivity index is 2.48. The number of anilines is 2. The molecule has 0 unspecified atom stereocenters. The van der Waals surface area contributed by atoms with E-state index >= 15 is 0 Å². The average molecular weight is 359 g/mol. The van der Waals surface area contributed by atoms with Crippen LogP contribution in [0.5, 0.6) is 0 Å². The van der Waals surface area contributed by atoms with Gasteiger partial charge in [-0.2, -0.15) is 23.5 Å². The van der Waals surface area contributed by atoms with Crippen molar-refractivity contribution in [2.45, 2.75) is 13.1 Å². The minimum absolute atomic E-state index is 0.212. The molecule has 2 rings (SSSR count). The van der Waals surface area contributed by atoms with E-state index in [4.69, 9.17) is 5.26 Å². The minimum atomic E-state index is -4.43. The van der Waals surface area contributed by atoms with E-state index in [2.05, 4.69) is 26.3 Å². The van der Waals surface area contributed by atoms with Gasteiger partial charge >= 0.3 is 6.18 Å². The van der Waals surface area contributed by atoms with Crippen molar-refractivity contribution in [1.29, 1.82) is 5.26 Å². The third-order valence-corrected chi connectivity index (χ3v) is 3.57. The van der Waals surface area contributed by atoms with Crippen LogP contribution >= 0.6 is 15.9 Å². The molecule has 2 aromatic rings. The molecule has 0 radical (unpaired) electrons. The van der Waals surface area contributed by atoms with Crippen LogP contribution in [0.15, 0.2) is 22.7 Å². The molecule has 110 valence electrons. The molecule has 0 saturated heterocycles. The minimum Gasteiger partial charge on any atom is -0.338 e. The summed E-state index contributed by atoms with van der Waals surface area (Å²) in [5, 5.41) is 16.0. The number of aromatic nitrogens is 2. The molecular formula is C13H10BrF3N4. The van der Waals surface area contributed by atoms with Gasteiger partial charge in [0.1, 0.15) is 17.5 Å². The summed E-state index contributed by atoms with van der Waals surface area (Å²) in [5.41, 5.74) is 0.238. The quantitative estimate of drug-likeness (QED) is 0.878. The normalized spacial score (nSPS) is 11.3. The number of alkyl halides is 3. The number of nitrogens with one attached hydrogen (secondary N) is 1. The molecule has 21 heavy (non-hydrogen) atoms. The van der Waals surface area contributed by atoms with Crippen molar-refractivity contribution in [3.05, 3.63) is 39.5 Å². The van der Waals surface area contributed by atoms with Crippen LogP contribution < -0.4 is 5.32 Å². The van der Waals surface area contributed by atoms with E-state index < -0.39 is 11.7 Å². The Morgan fingerprint density at radius 1 is 1.38 bits per heavy atom. The SMILES string of the molecule is Cc1nn(C)c(Nc2cc(C(F)(F)F)ccc2Br)c1C#N. The van der Waals surface area contributed by atoms with E-state index in [1.165, 1.54) is 10.7 Å². The van der Waals surface area contributed by atoms with E-state index in [9.17, 15) is 13.2 Å². The summed E-state index contributed by atoms with van der Waals surface area (Å²) in [5.74, 6) is 0.343. The summed E-state index contributed by atoms with van der Waals surface area (Å²) in [4.78, 5) is 0. The van der Waals surface area contributed by atoms with Crippen LogP contribution in [0.3, 0.4) is 0 Å². The Morgan fingerprint density at radius 2 is 2.05 bits per heavy atom. The maximum absolute atomic E-state index is 12.8. The second-order valence-corrected chi connectivity index (χ2v) is 5.22. The van der Waals surface area contributed by atoms with Gasteiger partial charge in [-0.25, -0.2) is 0 Å². The van der Waals surface area contributed by atoms with Crippen LogP contribution in [0.4, 0.5) is 24.7 Å². The topological polar surface area (TPSA) is 53.6 Å². The first-order valence-electron chi connectivity index (χ1n) is 5.81. The van der Waals surface area contributed by atoms with Gasteiger partial charge < -0.3 is 5.32 Å². The molecule has 1 N–H and O–H groups in total. The largest absolute Gasteiger partial charge is 0.416 e. The van der Waals surface area contributed by atoms with Gasteiger partial charge in [0.15, 0.2) is 0 Å². The third kappa shape index (κ3) is 3.03. The summed E-state index contributed by atoms with van der Waals surface area (Å²) < 4.78 is 40.1. The van der Waals surface area contributed by atoms with Crippen molar-refractivity contribution in [1.82, 2.24) is 9.78 Å². The van der Waals surface area contributed by atoms with Crippen molar-refractivity contribution >= 4 is 27.4 Å². The molecule has 0 bridgehead atoms. The molecular weight excluding hydrogens is 349 g/mol. The Morgan fingerprint density at radius 3 is 2.62 bits per heavy atom. The van der Waals surface area contributed by atoms with Gasteiger partial charge in [-0.15, -0.1) is 0 Å². The van der Waals surface area contributed by atoms with Crippen molar-refractivity contribution < 1.29 is 13.2 Å². The van der Waals surface area contributed by atoms with E-state index in [-0.39, 0.29) is 5.69 Å². The predicted molar refractivity (Wildman–Crippen MR) is 75.1 cm³/mol. The Hall–Kier alpha value is -2.01. The zero-order valence-electron chi connectivity index (χ0n) is 11.1. The summed E-state index contributed by atoms with van der Waals surface area (Å²) in [6.07, 6.45) is -4.43. The zero-order valence-corrected chi connectivity index (χ0v) is 12.7. The van der Waals surface area contributed by atoms with Crippen molar-refractivity contribution in [3.8, 4) is 6.07 Å². The monoisotopic (exact) mass is 358 g/mol. The highest BCUT2D eigenvalue weighted by Crippen LogP contribution is 2.35. The van der Waals surface area contributed by atoms with Gasteiger partial charge in [0.25, 0.3) is 0 Å². The first-order chi connectivity index (χ1) is 9.74. The summed E-state index contributed by atoms with van der Waals surface area (Å²) >= 11 is 3.19. The maximum Gasteiger partial charge on any atom is 0.416 e. The zero-order chi connectivity index (χ0) is 15.8. The Bertz CT molecular complexity index is 728. The molecule has 1 heterocycles. The van der Waals surface area contributed by atoms with Gasteiger partial charge in [-0.3, -0.25) is 4.68 Å². The highest BCUT2D eigenvalue weighted by atomic mass is 79.9. The lowest BCUT2D eigenvalue weighted by molar-refractivity contribution is -0.137. The fourth-order valence-electron chi connectivity index (χ4n) is 1.86. The fraction of sp³-hybridized carbons (Fsp3) is 0.231. The Labute approximate surface area is 127 Å². The summed E-state index contributed by atoms with van der Waals surface area (Å²) in [6, 6.07) is 5.25. The third-order valence-electron chi connectivity index (χ3n) is 2.88. The van der Waals surface area contributed by atoms with E-state index in [0.29, 0.717) is 21.5 Å². The Kier molecular flexibility index (Phi) is 3.96. The van der Waals surface area contributed by atoms with Crippen LogP contribution in [-0.2, 0) is 13.2 Å². The van der Waals surface area contributed by atoms with Crippen molar-refractivity contribution in [3.63, 3.8) is 0 Å². The molecule has 0 amide bonds. The number of benzene rings is 1. The molecule has 0 atom stereocenters. The smallest absolute Gasteiger partial charge is 0.338 e. The predicted octanol–water partition coefficient (Wildman–Crippen LogP) is 4.13. The number of aryl methyl sites for hydroxylation is 2. The van der Waals surface area contributed by atoms with Gasteiger partial charge in [0.05, 0.1) is 16.9 Å². The highest BCUT2D eigenvalue weighted by molar-refractivity contribution is 9.10. The van der Waals surface area contributed by atoms with Gasteiger partial charge in [0.2, 0.25) is 0 Å². The van der Waals surface area contributed by atoms with Crippen LogP contribution in [0.2, 0.25) is 0 Å². The molecule has 1 aromatic carbocycles. The number of halogens is 4. The molecule has 0 saturated carbocycles. The van der Waals surface area contributed by atoms with Crippen LogP contribution in [0, 0.1) is 18.3 Å². The average Bonchev–Trinajstić information content (AvgIpc) is 2.65. The van der Waals surface area contributed by atoms with Crippen molar-refractivity contribution in [2.75, 3.05) is 5.32 Å². The van der Waals surface area contributed by atoms with Crippen LogP contribution in [-0.4, -0.2) is 9.78 Å². The van der Waals surface area contributed by atoms with Crippen LogP contribution in [0.1, 0.15) is 16.8 Å². The van der Waals surface area contributed by atoms with Gasteiger partial charge in [-0.1, -0.05) is 0 Å². The van der Waals surface area contributed by atoms with Gasteiger partial charge in [-0.05, 0) is 41.1 Å². The van der Waals surface area contributed by atoms with Crippen molar-refractivity contribution in [2.24, 2.45) is 7.05 Å². The first-order valence-corrected chi connectivity index (χ1v) is 6.60.